The normalized spacial score (nSPS) is 15.9. The summed E-state index contributed by atoms with van der Waals surface area (Å²) >= 11 is 0. The van der Waals surface area contributed by atoms with Gasteiger partial charge in [0.1, 0.15) is 11.6 Å². The van der Waals surface area contributed by atoms with Gasteiger partial charge in [-0.2, -0.15) is 5.26 Å². The number of aromatic nitrogens is 1. The molecule has 0 bridgehead atoms. The standard InChI is InChI=1S/C16H23N3O2/c1-3-7-19-15(20)13(10-17)12(2)14(16(19)21)11-18-8-5-4-6-9-18/h21H,3-9,11H2,1-2H3. The number of hydrogen-bond acceptors (Lipinski definition) is 4. The molecule has 0 radical (unpaired) electrons. The fourth-order valence-electron chi connectivity index (χ4n) is 2.97. The molecule has 0 saturated carbocycles. The van der Waals surface area contributed by atoms with Gasteiger partial charge < -0.3 is 5.11 Å². The molecule has 114 valence electrons. The fourth-order valence-corrected chi connectivity index (χ4v) is 2.97. The van der Waals surface area contributed by atoms with Gasteiger partial charge in [0.2, 0.25) is 0 Å². The Kier molecular flexibility index (Phi) is 5.03. The Labute approximate surface area is 125 Å². The Balaban J connectivity index is 2.46. The lowest BCUT2D eigenvalue weighted by atomic mass is 10.0. The van der Waals surface area contributed by atoms with E-state index in [4.69, 9.17) is 0 Å². The largest absolute Gasteiger partial charge is 0.494 e. The van der Waals surface area contributed by atoms with Gasteiger partial charge in [-0.3, -0.25) is 14.3 Å². The average molecular weight is 289 g/mol. The highest BCUT2D eigenvalue weighted by Gasteiger charge is 2.21. The van der Waals surface area contributed by atoms with Crippen LogP contribution in [0.15, 0.2) is 4.79 Å². The van der Waals surface area contributed by atoms with Crippen LogP contribution in [0.25, 0.3) is 0 Å². The second-order valence-corrected chi connectivity index (χ2v) is 5.71. The van der Waals surface area contributed by atoms with E-state index in [0.717, 1.165) is 25.1 Å². The quantitative estimate of drug-likeness (QED) is 0.922. The zero-order valence-electron chi connectivity index (χ0n) is 12.9. The molecule has 1 fully saturated rings. The summed E-state index contributed by atoms with van der Waals surface area (Å²) in [5.41, 5.74) is 1.13. The highest BCUT2D eigenvalue weighted by atomic mass is 16.3. The molecule has 1 saturated heterocycles. The van der Waals surface area contributed by atoms with Crippen molar-refractivity contribution in [1.82, 2.24) is 9.47 Å². The van der Waals surface area contributed by atoms with Gasteiger partial charge in [0.05, 0.1) is 0 Å². The van der Waals surface area contributed by atoms with Crippen LogP contribution in [0.1, 0.15) is 49.3 Å². The molecule has 5 heteroatoms. The molecule has 2 heterocycles. The van der Waals surface area contributed by atoms with E-state index in [-0.39, 0.29) is 17.0 Å². The summed E-state index contributed by atoms with van der Waals surface area (Å²) in [6.45, 7) is 6.77. The summed E-state index contributed by atoms with van der Waals surface area (Å²) in [7, 11) is 0. The maximum absolute atomic E-state index is 12.2. The van der Waals surface area contributed by atoms with Gasteiger partial charge >= 0.3 is 0 Å². The topological polar surface area (TPSA) is 69.3 Å². The van der Waals surface area contributed by atoms with Gasteiger partial charge in [0, 0.05) is 18.7 Å². The van der Waals surface area contributed by atoms with E-state index in [0.29, 0.717) is 18.7 Å². The van der Waals surface area contributed by atoms with E-state index in [1.54, 1.807) is 6.92 Å². The predicted molar refractivity (Wildman–Crippen MR) is 81.2 cm³/mol. The molecule has 0 aromatic carbocycles. The van der Waals surface area contributed by atoms with E-state index in [1.165, 1.54) is 23.8 Å². The monoisotopic (exact) mass is 289 g/mol. The summed E-state index contributed by atoms with van der Waals surface area (Å²) in [4.78, 5) is 14.5. The van der Waals surface area contributed by atoms with E-state index in [1.807, 2.05) is 13.0 Å². The molecule has 5 nitrogen and oxygen atoms in total. The van der Waals surface area contributed by atoms with Crippen molar-refractivity contribution in [1.29, 1.82) is 5.26 Å². The number of piperidine rings is 1. The lowest BCUT2D eigenvalue weighted by Crippen LogP contribution is -2.31. The SMILES string of the molecule is CCCn1c(O)c(CN2CCCCC2)c(C)c(C#N)c1=O. The van der Waals surface area contributed by atoms with Crippen LogP contribution in [-0.4, -0.2) is 27.7 Å². The zero-order valence-corrected chi connectivity index (χ0v) is 12.9. The van der Waals surface area contributed by atoms with Gasteiger partial charge in [-0.1, -0.05) is 13.3 Å². The lowest BCUT2D eigenvalue weighted by molar-refractivity contribution is 0.216. The first-order valence-corrected chi connectivity index (χ1v) is 7.67. The Morgan fingerprint density at radius 1 is 1.29 bits per heavy atom. The maximum atomic E-state index is 12.2. The number of aromatic hydroxyl groups is 1. The van der Waals surface area contributed by atoms with E-state index in [9.17, 15) is 15.2 Å². The molecule has 0 atom stereocenters. The molecule has 1 aliphatic rings. The van der Waals surface area contributed by atoms with Crippen LogP contribution in [0.5, 0.6) is 5.88 Å². The Bertz CT molecular complexity index is 607. The van der Waals surface area contributed by atoms with Crippen LogP contribution in [0, 0.1) is 18.3 Å². The molecule has 0 aliphatic carbocycles. The average Bonchev–Trinajstić information content (AvgIpc) is 2.50. The molecule has 1 aromatic rings. The van der Waals surface area contributed by atoms with Gasteiger partial charge in [-0.05, 0) is 44.8 Å². The molecule has 0 unspecified atom stereocenters. The molecular weight excluding hydrogens is 266 g/mol. The van der Waals surface area contributed by atoms with Gasteiger partial charge in [-0.15, -0.1) is 0 Å². The van der Waals surface area contributed by atoms with E-state index < -0.39 is 0 Å². The van der Waals surface area contributed by atoms with Crippen molar-refractivity contribution in [3.05, 3.63) is 27.0 Å². The van der Waals surface area contributed by atoms with Crippen molar-refractivity contribution in [3.8, 4) is 11.9 Å². The van der Waals surface area contributed by atoms with Gasteiger partial charge in [0.25, 0.3) is 5.56 Å². The van der Waals surface area contributed by atoms with Crippen molar-refractivity contribution in [2.24, 2.45) is 0 Å². The Morgan fingerprint density at radius 2 is 1.95 bits per heavy atom. The third-order valence-corrected chi connectivity index (χ3v) is 4.20. The molecule has 1 N–H and O–H groups in total. The predicted octanol–water partition coefficient (Wildman–Crippen LogP) is 2.13. The minimum atomic E-state index is -0.378. The highest BCUT2D eigenvalue weighted by molar-refractivity contribution is 5.45. The molecule has 21 heavy (non-hydrogen) atoms. The Hall–Kier alpha value is -1.80. The number of nitrogens with zero attached hydrogens (tertiary/aromatic N) is 3. The molecule has 0 spiro atoms. The number of pyridine rings is 1. The molecular formula is C16H23N3O2. The first kappa shape index (κ1) is 15.6. The second-order valence-electron chi connectivity index (χ2n) is 5.71. The number of rotatable bonds is 4. The third kappa shape index (κ3) is 3.11. The first-order chi connectivity index (χ1) is 10.1. The first-order valence-electron chi connectivity index (χ1n) is 7.67. The summed E-state index contributed by atoms with van der Waals surface area (Å²) in [6, 6.07) is 2.00. The Morgan fingerprint density at radius 3 is 2.52 bits per heavy atom. The van der Waals surface area contributed by atoms with Gasteiger partial charge in [0.15, 0.2) is 5.88 Å². The van der Waals surface area contributed by atoms with Gasteiger partial charge in [-0.25, -0.2) is 0 Å². The number of hydrogen-bond donors (Lipinski definition) is 1. The number of nitriles is 1. The van der Waals surface area contributed by atoms with Crippen LogP contribution in [-0.2, 0) is 13.1 Å². The summed E-state index contributed by atoms with van der Waals surface area (Å²) in [5, 5.41) is 19.7. The van der Waals surface area contributed by atoms with Crippen LogP contribution in [0.4, 0.5) is 0 Å². The van der Waals surface area contributed by atoms with E-state index in [2.05, 4.69) is 4.90 Å². The van der Waals surface area contributed by atoms with Crippen LogP contribution >= 0.6 is 0 Å². The fraction of sp³-hybridized carbons (Fsp3) is 0.625. The molecule has 0 amide bonds. The van der Waals surface area contributed by atoms with Crippen LogP contribution in [0.2, 0.25) is 0 Å². The van der Waals surface area contributed by atoms with Crippen molar-refractivity contribution in [3.63, 3.8) is 0 Å². The number of likely N-dealkylation sites (tertiary alicyclic amines) is 1. The van der Waals surface area contributed by atoms with Crippen molar-refractivity contribution in [2.45, 2.75) is 52.6 Å². The lowest BCUT2D eigenvalue weighted by Gasteiger charge is -2.28. The van der Waals surface area contributed by atoms with Crippen LogP contribution in [0.3, 0.4) is 0 Å². The van der Waals surface area contributed by atoms with Crippen molar-refractivity contribution in [2.75, 3.05) is 13.1 Å². The second kappa shape index (κ2) is 6.77. The molecule has 1 aromatic heterocycles. The third-order valence-electron chi connectivity index (χ3n) is 4.20. The minimum Gasteiger partial charge on any atom is -0.494 e. The van der Waals surface area contributed by atoms with Crippen molar-refractivity contribution >= 4 is 0 Å². The smallest absolute Gasteiger partial charge is 0.271 e. The van der Waals surface area contributed by atoms with Crippen LogP contribution < -0.4 is 5.56 Å². The zero-order chi connectivity index (χ0) is 15.4. The molecule has 2 rings (SSSR count). The highest BCUT2D eigenvalue weighted by Crippen LogP contribution is 2.25. The maximum Gasteiger partial charge on any atom is 0.271 e. The van der Waals surface area contributed by atoms with E-state index >= 15 is 0 Å². The molecule has 1 aliphatic heterocycles. The summed E-state index contributed by atoms with van der Waals surface area (Å²) in [5.74, 6) is 0.0314. The summed E-state index contributed by atoms with van der Waals surface area (Å²) in [6.07, 6.45) is 4.32. The summed E-state index contributed by atoms with van der Waals surface area (Å²) < 4.78 is 1.34. The van der Waals surface area contributed by atoms with Crippen molar-refractivity contribution < 1.29 is 5.11 Å². The minimum absolute atomic E-state index is 0.0314.